The minimum atomic E-state index is -2.99. The fourth-order valence-corrected chi connectivity index (χ4v) is 5.63. The van der Waals surface area contributed by atoms with Gasteiger partial charge in [0.05, 0.1) is 16.8 Å². The third-order valence-electron chi connectivity index (χ3n) is 3.73. The standard InChI is InChI=1S/C15H20ClNO3S2/c1-3-17(13-7-8-22(19,20)10-13)15(18)11(2)21-14-6-4-5-12(16)9-14/h4-6,9,11,13H,3,7-8,10H2,1-2H3. The Morgan fingerprint density at radius 1 is 1.50 bits per heavy atom. The Bertz CT molecular complexity index is 648. The zero-order chi connectivity index (χ0) is 16.3. The van der Waals surface area contributed by atoms with Crippen molar-refractivity contribution in [2.45, 2.75) is 36.5 Å². The first-order valence-corrected chi connectivity index (χ1v) is 10.3. The zero-order valence-corrected chi connectivity index (χ0v) is 15.0. The Balaban J connectivity index is 2.05. The molecular weight excluding hydrogens is 342 g/mol. The van der Waals surface area contributed by atoms with E-state index in [9.17, 15) is 13.2 Å². The van der Waals surface area contributed by atoms with Crippen LogP contribution in [-0.2, 0) is 14.6 Å². The number of hydrogen-bond acceptors (Lipinski definition) is 4. The molecule has 1 aliphatic rings. The molecule has 0 N–H and O–H groups in total. The van der Waals surface area contributed by atoms with Crippen molar-refractivity contribution in [3.63, 3.8) is 0 Å². The summed E-state index contributed by atoms with van der Waals surface area (Å²) in [5.74, 6) is 0.243. The van der Waals surface area contributed by atoms with Gasteiger partial charge in [0.1, 0.15) is 0 Å². The molecule has 1 aromatic rings. The van der Waals surface area contributed by atoms with Gasteiger partial charge in [0.2, 0.25) is 5.91 Å². The molecule has 4 nitrogen and oxygen atoms in total. The van der Waals surface area contributed by atoms with Gasteiger partial charge in [0.15, 0.2) is 9.84 Å². The lowest BCUT2D eigenvalue weighted by molar-refractivity contribution is -0.131. The quantitative estimate of drug-likeness (QED) is 0.757. The summed E-state index contributed by atoms with van der Waals surface area (Å²) in [5.41, 5.74) is 0. The summed E-state index contributed by atoms with van der Waals surface area (Å²) < 4.78 is 23.2. The molecule has 1 fully saturated rings. The Kier molecular flexibility index (Phi) is 5.80. The van der Waals surface area contributed by atoms with E-state index in [2.05, 4.69) is 0 Å². The van der Waals surface area contributed by atoms with Crippen LogP contribution in [0, 0.1) is 0 Å². The lowest BCUT2D eigenvalue weighted by Crippen LogP contribution is -2.44. The minimum Gasteiger partial charge on any atom is -0.338 e. The second-order valence-corrected chi connectivity index (χ2v) is 9.48. The van der Waals surface area contributed by atoms with Gasteiger partial charge in [-0.2, -0.15) is 0 Å². The molecule has 2 rings (SSSR count). The van der Waals surface area contributed by atoms with Crippen LogP contribution in [0.2, 0.25) is 5.02 Å². The van der Waals surface area contributed by atoms with Crippen LogP contribution in [0.4, 0.5) is 0 Å². The number of carbonyl (C=O) groups excluding carboxylic acids is 1. The van der Waals surface area contributed by atoms with E-state index >= 15 is 0 Å². The van der Waals surface area contributed by atoms with Crippen LogP contribution in [-0.4, -0.2) is 48.6 Å². The molecule has 0 saturated carbocycles. The Labute approximate surface area is 141 Å². The predicted molar refractivity (Wildman–Crippen MR) is 91.2 cm³/mol. The van der Waals surface area contributed by atoms with Gasteiger partial charge in [-0.15, -0.1) is 11.8 Å². The molecule has 0 spiro atoms. The van der Waals surface area contributed by atoms with Crippen molar-refractivity contribution in [1.82, 2.24) is 4.90 Å². The molecular formula is C15H20ClNO3S2. The van der Waals surface area contributed by atoms with Crippen molar-refractivity contribution in [1.29, 1.82) is 0 Å². The maximum Gasteiger partial charge on any atom is 0.236 e. The molecule has 1 aromatic carbocycles. The number of benzene rings is 1. The Hall–Kier alpha value is -0.720. The number of thioether (sulfide) groups is 1. The van der Waals surface area contributed by atoms with Gasteiger partial charge in [0.25, 0.3) is 0 Å². The molecule has 1 saturated heterocycles. The summed E-state index contributed by atoms with van der Waals surface area (Å²) >= 11 is 7.40. The molecule has 7 heteroatoms. The van der Waals surface area contributed by atoms with Crippen LogP contribution in [0.3, 0.4) is 0 Å². The smallest absolute Gasteiger partial charge is 0.236 e. The van der Waals surface area contributed by atoms with Crippen LogP contribution in [0.5, 0.6) is 0 Å². The number of amides is 1. The van der Waals surface area contributed by atoms with E-state index in [1.54, 1.807) is 11.0 Å². The maximum atomic E-state index is 12.6. The first kappa shape index (κ1) is 17.6. The summed E-state index contributed by atoms with van der Waals surface area (Å²) in [5, 5.41) is 0.362. The average molecular weight is 362 g/mol. The van der Waals surface area contributed by atoms with Crippen molar-refractivity contribution in [2.24, 2.45) is 0 Å². The Morgan fingerprint density at radius 2 is 2.23 bits per heavy atom. The number of nitrogens with zero attached hydrogens (tertiary/aromatic N) is 1. The van der Waals surface area contributed by atoms with E-state index < -0.39 is 9.84 Å². The fourth-order valence-electron chi connectivity index (χ4n) is 2.64. The summed E-state index contributed by atoms with van der Waals surface area (Å²) in [6, 6.07) is 7.19. The van der Waals surface area contributed by atoms with Crippen LogP contribution >= 0.6 is 23.4 Å². The van der Waals surface area contributed by atoms with E-state index in [0.717, 1.165) is 4.90 Å². The molecule has 2 atom stereocenters. The zero-order valence-electron chi connectivity index (χ0n) is 12.7. The Morgan fingerprint density at radius 3 is 2.77 bits per heavy atom. The van der Waals surface area contributed by atoms with Gasteiger partial charge < -0.3 is 4.90 Å². The van der Waals surface area contributed by atoms with E-state index in [1.165, 1.54) is 11.8 Å². The topological polar surface area (TPSA) is 54.5 Å². The molecule has 0 aromatic heterocycles. The second-order valence-electron chi connectivity index (χ2n) is 5.40. The van der Waals surface area contributed by atoms with Crippen LogP contribution in [0.15, 0.2) is 29.2 Å². The van der Waals surface area contributed by atoms with Gasteiger partial charge in [-0.25, -0.2) is 8.42 Å². The lowest BCUT2D eigenvalue weighted by atomic mass is 10.2. The highest BCUT2D eigenvalue weighted by Gasteiger charge is 2.35. The number of carbonyl (C=O) groups is 1. The second kappa shape index (κ2) is 7.23. The van der Waals surface area contributed by atoms with E-state index in [1.807, 2.05) is 32.0 Å². The van der Waals surface area contributed by atoms with E-state index in [-0.39, 0.29) is 28.7 Å². The van der Waals surface area contributed by atoms with Crippen LogP contribution in [0.25, 0.3) is 0 Å². The van der Waals surface area contributed by atoms with Crippen molar-refractivity contribution in [3.05, 3.63) is 29.3 Å². The molecule has 122 valence electrons. The highest BCUT2D eigenvalue weighted by Crippen LogP contribution is 2.28. The third kappa shape index (κ3) is 4.40. The third-order valence-corrected chi connectivity index (χ3v) is 6.80. The van der Waals surface area contributed by atoms with Crippen molar-refractivity contribution in [3.8, 4) is 0 Å². The number of sulfone groups is 1. The highest BCUT2D eigenvalue weighted by molar-refractivity contribution is 8.00. The highest BCUT2D eigenvalue weighted by atomic mass is 35.5. The number of rotatable bonds is 5. The van der Waals surface area contributed by atoms with E-state index in [0.29, 0.717) is 18.0 Å². The molecule has 0 radical (unpaired) electrons. The normalized spacial score (nSPS) is 21.5. The summed E-state index contributed by atoms with van der Waals surface area (Å²) in [4.78, 5) is 15.3. The van der Waals surface area contributed by atoms with Crippen molar-refractivity contribution >= 4 is 39.1 Å². The molecule has 1 amide bonds. The summed E-state index contributed by atoms with van der Waals surface area (Å²) in [6.07, 6.45) is 0.538. The number of hydrogen-bond donors (Lipinski definition) is 0. The maximum absolute atomic E-state index is 12.6. The summed E-state index contributed by atoms with van der Waals surface area (Å²) in [6.45, 7) is 4.26. The van der Waals surface area contributed by atoms with Crippen molar-refractivity contribution < 1.29 is 13.2 Å². The van der Waals surface area contributed by atoms with Gasteiger partial charge in [0, 0.05) is 22.5 Å². The number of halogens is 1. The fraction of sp³-hybridized carbons (Fsp3) is 0.533. The first-order chi connectivity index (χ1) is 10.3. The molecule has 1 aliphatic heterocycles. The monoisotopic (exact) mass is 361 g/mol. The lowest BCUT2D eigenvalue weighted by Gasteiger charge is -2.29. The molecule has 22 heavy (non-hydrogen) atoms. The van der Waals surface area contributed by atoms with Crippen LogP contribution in [0.1, 0.15) is 20.3 Å². The van der Waals surface area contributed by atoms with Gasteiger partial charge in [-0.05, 0) is 38.5 Å². The SMILES string of the molecule is CCN(C(=O)C(C)Sc1cccc(Cl)c1)C1CCS(=O)(=O)C1. The molecule has 0 aliphatic carbocycles. The largest absolute Gasteiger partial charge is 0.338 e. The molecule has 1 heterocycles. The van der Waals surface area contributed by atoms with Crippen LogP contribution < -0.4 is 0 Å². The minimum absolute atomic E-state index is 0.0189. The van der Waals surface area contributed by atoms with Gasteiger partial charge in [-0.3, -0.25) is 4.79 Å². The molecule has 2 unspecified atom stereocenters. The molecule has 0 bridgehead atoms. The van der Waals surface area contributed by atoms with Crippen molar-refractivity contribution in [2.75, 3.05) is 18.1 Å². The van der Waals surface area contributed by atoms with E-state index in [4.69, 9.17) is 11.6 Å². The first-order valence-electron chi connectivity index (χ1n) is 7.25. The van der Waals surface area contributed by atoms with Gasteiger partial charge >= 0.3 is 0 Å². The average Bonchev–Trinajstić information content (AvgIpc) is 2.79. The van der Waals surface area contributed by atoms with Gasteiger partial charge in [-0.1, -0.05) is 17.7 Å². The summed E-state index contributed by atoms with van der Waals surface area (Å²) in [7, 11) is -2.99. The predicted octanol–water partition coefficient (Wildman–Crippen LogP) is 2.86.